The Kier molecular flexibility index (Phi) is 2.73. The molecule has 5 heteroatoms. The molecule has 0 radical (unpaired) electrons. The molecule has 1 aliphatic rings. The third kappa shape index (κ3) is 2.02. The van der Waals surface area contributed by atoms with Crippen LogP contribution in [0.1, 0.15) is 13.8 Å². The van der Waals surface area contributed by atoms with Crippen molar-refractivity contribution in [3.8, 4) is 0 Å². The van der Waals surface area contributed by atoms with Crippen LogP contribution in [0.4, 0.5) is 11.6 Å². The summed E-state index contributed by atoms with van der Waals surface area (Å²) in [6, 6.07) is 0. The maximum atomic E-state index is 5.30. The third-order valence-electron chi connectivity index (χ3n) is 3.08. The number of nitrogens with zero attached hydrogens (tertiary/aromatic N) is 3. The maximum absolute atomic E-state index is 5.30. The molecular weight excluding hydrogens is 190 g/mol. The van der Waals surface area contributed by atoms with E-state index in [1.807, 2.05) is 0 Å². The highest BCUT2D eigenvalue weighted by molar-refractivity contribution is 5.44. The average Bonchev–Trinajstić information content (AvgIpc) is 2.59. The maximum Gasteiger partial charge on any atom is 0.160 e. The average molecular weight is 207 g/mol. The van der Waals surface area contributed by atoms with Crippen LogP contribution in [0.3, 0.4) is 0 Å². The van der Waals surface area contributed by atoms with Crippen molar-refractivity contribution in [2.24, 2.45) is 17.7 Å². The van der Waals surface area contributed by atoms with Crippen LogP contribution in [0.15, 0.2) is 12.4 Å². The minimum absolute atomic E-state index is 0.611. The summed E-state index contributed by atoms with van der Waals surface area (Å²) in [6.45, 7) is 6.62. The molecule has 0 bridgehead atoms. The molecule has 15 heavy (non-hydrogen) atoms. The highest BCUT2D eigenvalue weighted by Gasteiger charge is 2.26. The van der Waals surface area contributed by atoms with E-state index in [0.717, 1.165) is 18.9 Å². The van der Waals surface area contributed by atoms with Crippen LogP contribution in [-0.4, -0.2) is 23.1 Å². The molecular formula is C10H17N5. The molecule has 1 saturated heterocycles. The van der Waals surface area contributed by atoms with E-state index in [0.29, 0.717) is 17.7 Å². The number of rotatable bonds is 2. The zero-order valence-electron chi connectivity index (χ0n) is 9.14. The standard InChI is InChI=1S/C10H17N5/c1-7-5-15(6-8(7)2)10-4-12-3-9(13-10)14-11/h3-4,7-8H,5-6,11H2,1-2H3,(H,13,14). The first-order chi connectivity index (χ1) is 7.20. The Labute approximate surface area is 89.7 Å². The van der Waals surface area contributed by atoms with E-state index >= 15 is 0 Å². The van der Waals surface area contributed by atoms with E-state index < -0.39 is 0 Å². The first kappa shape index (κ1) is 10.2. The van der Waals surface area contributed by atoms with Crippen molar-refractivity contribution in [3.05, 3.63) is 12.4 Å². The summed E-state index contributed by atoms with van der Waals surface area (Å²) in [4.78, 5) is 10.7. The molecule has 2 unspecified atom stereocenters. The third-order valence-corrected chi connectivity index (χ3v) is 3.08. The molecule has 2 atom stereocenters. The topological polar surface area (TPSA) is 67.1 Å². The Bertz CT molecular complexity index is 330. The summed E-state index contributed by atoms with van der Waals surface area (Å²) in [6.07, 6.45) is 3.40. The first-order valence-electron chi connectivity index (χ1n) is 5.24. The Morgan fingerprint density at radius 3 is 2.60 bits per heavy atom. The second-order valence-corrected chi connectivity index (χ2v) is 4.27. The van der Waals surface area contributed by atoms with Gasteiger partial charge in [0.2, 0.25) is 0 Å². The van der Waals surface area contributed by atoms with Gasteiger partial charge in [0.1, 0.15) is 5.82 Å². The zero-order chi connectivity index (χ0) is 10.8. The van der Waals surface area contributed by atoms with Crippen LogP contribution in [0.2, 0.25) is 0 Å². The molecule has 0 saturated carbocycles. The number of nitrogen functional groups attached to an aromatic ring is 1. The van der Waals surface area contributed by atoms with Crippen molar-refractivity contribution >= 4 is 11.6 Å². The first-order valence-corrected chi connectivity index (χ1v) is 5.24. The molecule has 3 N–H and O–H groups in total. The molecule has 0 amide bonds. The van der Waals surface area contributed by atoms with Crippen molar-refractivity contribution in [2.45, 2.75) is 13.8 Å². The second-order valence-electron chi connectivity index (χ2n) is 4.27. The summed E-state index contributed by atoms with van der Waals surface area (Å²) >= 11 is 0. The molecule has 1 aromatic rings. The highest BCUT2D eigenvalue weighted by atomic mass is 15.3. The number of nitrogens with two attached hydrogens (primary N) is 1. The predicted octanol–water partition coefficient (Wildman–Crippen LogP) is 0.854. The lowest BCUT2D eigenvalue weighted by Gasteiger charge is -2.16. The van der Waals surface area contributed by atoms with Gasteiger partial charge in [-0.1, -0.05) is 13.8 Å². The molecule has 5 nitrogen and oxygen atoms in total. The summed E-state index contributed by atoms with van der Waals surface area (Å²) in [5.74, 6) is 8.24. The summed E-state index contributed by atoms with van der Waals surface area (Å²) in [5, 5.41) is 0. The summed E-state index contributed by atoms with van der Waals surface area (Å²) in [7, 11) is 0. The lowest BCUT2D eigenvalue weighted by atomic mass is 10.0. The minimum atomic E-state index is 0.611. The number of aromatic nitrogens is 2. The second kappa shape index (κ2) is 4.02. The lowest BCUT2D eigenvalue weighted by molar-refractivity contribution is 0.494. The largest absolute Gasteiger partial charge is 0.355 e. The molecule has 82 valence electrons. The van der Waals surface area contributed by atoms with Crippen molar-refractivity contribution in [3.63, 3.8) is 0 Å². The van der Waals surface area contributed by atoms with Gasteiger partial charge in [0.15, 0.2) is 5.82 Å². The van der Waals surface area contributed by atoms with Gasteiger partial charge >= 0.3 is 0 Å². The van der Waals surface area contributed by atoms with Crippen molar-refractivity contribution in [2.75, 3.05) is 23.4 Å². The quantitative estimate of drug-likeness (QED) is 0.556. The van der Waals surface area contributed by atoms with Gasteiger partial charge in [-0.3, -0.25) is 4.98 Å². The van der Waals surface area contributed by atoms with Crippen LogP contribution in [0.5, 0.6) is 0 Å². The normalized spacial score (nSPS) is 25.7. The monoisotopic (exact) mass is 207 g/mol. The van der Waals surface area contributed by atoms with Crippen LogP contribution < -0.4 is 16.2 Å². The molecule has 0 aromatic carbocycles. The van der Waals surface area contributed by atoms with Crippen LogP contribution in [0, 0.1) is 11.8 Å². The lowest BCUT2D eigenvalue weighted by Crippen LogP contribution is -2.22. The van der Waals surface area contributed by atoms with E-state index in [1.165, 1.54) is 0 Å². The van der Waals surface area contributed by atoms with Gasteiger partial charge in [-0.05, 0) is 11.8 Å². The SMILES string of the molecule is CC1CN(c2cncc(NN)n2)CC1C. The van der Waals surface area contributed by atoms with Gasteiger partial charge in [-0.2, -0.15) is 0 Å². The Morgan fingerprint density at radius 2 is 2.00 bits per heavy atom. The number of nitrogens with one attached hydrogen (secondary N) is 1. The van der Waals surface area contributed by atoms with Gasteiger partial charge < -0.3 is 10.3 Å². The molecule has 2 rings (SSSR count). The molecule has 0 spiro atoms. The molecule has 1 fully saturated rings. The Balaban J connectivity index is 2.16. The Morgan fingerprint density at radius 1 is 1.33 bits per heavy atom. The molecule has 2 heterocycles. The molecule has 1 aliphatic heterocycles. The van der Waals surface area contributed by atoms with E-state index in [2.05, 4.69) is 34.1 Å². The number of hydrogen-bond donors (Lipinski definition) is 2. The number of hydrazine groups is 1. The summed E-state index contributed by atoms with van der Waals surface area (Å²) < 4.78 is 0. The van der Waals surface area contributed by atoms with Crippen molar-refractivity contribution < 1.29 is 0 Å². The van der Waals surface area contributed by atoms with Gasteiger partial charge in [-0.15, -0.1) is 0 Å². The fourth-order valence-electron chi connectivity index (χ4n) is 1.89. The summed E-state index contributed by atoms with van der Waals surface area (Å²) in [5.41, 5.74) is 2.51. The number of anilines is 2. The van der Waals surface area contributed by atoms with Gasteiger partial charge in [0.05, 0.1) is 12.4 Å². The highest BCUT2D eigenvalue weighted by Crippen LogP contribution is 2.26. The van der Waals surface area contributed by atoms with Gasteiger partial charge in [-0.25, -0.2) is 10.8 Å². The Hall–Kier alpha value is -1.36. The minimum Gasteiger partial charge on any atom is -0.355 e. The van der Waals surface area contributed by atoms with Crippen molar-refractivity contribution in [1.29, 1.82) is 0 Å². The van der Waals surface area contributed by atoms with Gasteiger partial charge in [0.25, 0.3) is 0 Å². The van der Waals surface area contributed by atoms with E-state index in [9.17, 15) is 0 Å². The van der Waals surface area contributed by atoms with E-state index in [-0.39, 0.29) is 0 Å². The van der Waals surface area contributed by atoms with E-state index in [1.54, 1.807) is 12.4 Å². The predicted molar refractivity (Wildman–Crippen MR) is 60.4 cm³/mol. The van der Waals surface area contributed by atoms with Crippen LogP contribution in [0.25, 0.3) is 0 Å². The smallest absolute Gasteiger partial charge is 0.160 e. The number of hydrogen-bond acceptors (Lipinski definition) is 5. The van der Waals surface area contributed by atoms with E-state index in [4.69, 9.17) is 5.84 Å². The molecule has 0 aliphatic carbocycles. The van der Waals surface area contributed by atoms with Crippen LogP contribution >= 0.6 is 0 Å². The van der Waals surface area contributed by atoms with Gasteiger partial charge in [0, 0.05) is 13.1 Å². The molecule has 1 aromatic heterocycles. The fraction of sp³-hybridized carbons (Fsp3) is 0.600. The van der Waals surface area contributed by atoms with Crippen molar-refractivity contribution in [1.82, 2.24) is 9.97 Å². The zero-order valence-corrected chi connectivity index (χ0v) is 9.14. The van der Waals surface area contributed by atoms with Crippen LogP contribution in [-0.2, 0) is 0 Å². The fourth-order valence-corrected chi connectivity index (χ4v) is 1.89.